The minimum atomic E-state index is -3.72. The highest BCUT2D eigenvalue weighted by Gasteiger charge is 2.23. The summed E-state index contributed by atoms with van der Waals surface area (Å²) in [4.78, 5) is 0. The summed E-state index contributed by atoms with van der Waals surface area (Å²) in [6, 6.07) is 0. The normalized spacial score (nSPS) is 17.2. The second kappa shape index (κ2) is 7.35. The number of nitrogens with zero attached hydrogens (tertiary/aromatic N) is 1. The molecule has 1 aromatic rings. The van der Waals surface area contributed by atoms with Crippen molar-refractivity contribution in [2.24, 2.45) is 0 Å². The van der Waals surface area contributed by atoms with Crippen LogP contribution in [0.3, 0.4) is 0 Å². The Morgan fingerprint density at radius 3 is 2.76 bits per heavy atom. The second-order valence-electron chi connectivity index (χ2n) is 5.32. The van der Waals surface area contributed by atoms with Crippen molar-refractivity contribution in [1.82, 2.24) is 14.9 Å². The van der Waals surface area contributed by atoms with E-state index in [2.05, 4.69) is 14.9 Å². The Kier molecular flexibility index (Phi) is 5.74. The van der Waals surface area contributed by atoms with Gasteiger partial charge >= 0.3 is 0 Å². The fourth-order valence-electron chi connectivity index (χ4n) is 2.54. The van der Waals surface area contributed by atoms with Gasteiger partial charge in [-0.25, -0.2) is 13.1 Å². The number of aliphatic hydroxyl groups is 1. The second-order valence-corrected chi connectivity index (χ2v) is 7.00. The average molecular weight is 317 g/mol. The Balaban J connectivity index is 1.83. The Morgan fingerprint density at radius 1 is 1.38 bits per heavy atom. The number of rotatable bonds is 7. The zero-order chi connectivity index (χ0) is 15.3. The Morgan fingerprint density at radius 2 is 2.10 bits per heavy atom. The third-order valence-electron chi connectivity index (χ3n) is 3.75. The maximum atomic E-state index is 12.1. The van der Waals surface area contributed by atoms with Gasteiger partial charge in [-0.15, -0.1) is 0 Å². The van der Waals surface area contributed by atoms with Gasteiger partial charge in [0.1, 0.15) is 0 Å². The molecule has 1 aliphatic carbocycles. The standard InChI is InChI=1S/C13H23N3O4S/c1-10-12(9-17)13(16-15-10)21(18,19)14-7-8-20-11-5-3-2-4-6-11/h11,14,17H,2-9H2,1H3,(H,15,16). The van der Waals surface area contributed by atoms with Crippen LogP contribution in [0.1, 0.15) is 43.4 Å². The minimum Gasteiger partial charge on any atom is -0.392 e. The first kappa shape index (κ1) is 16.4. The molecular formula is C13H23N3O4S. The molecule has 1 aliphatic rings. The van der Waals surface area contributed by atoms with Gasteiger partial charge in [0.15, 0.2) is 5.03 Å². The van der Waals surface area contributed by atoms with Crippen LogP contribution in [0.5, 0.6) is 0 Å². The summed E-state index contributed by atoms with van der Waals surface area (Å²) in [5.74, 6) is 0. The molecule has 0 saturated heterocycles. The Labute approximate surface area is 125 Å². The molecule has 0 aromatic carbocycles. The molecule has 120 valence electrons. The number of H-pyrrole nitrogens is 1. The molecule has 3 N–H and O–H groups in total. The molecule has 0 unspecified atom stereocenters. The summed E-state index contributed by atoms with van der Waals surface area (Å²) >= 11 is 0. The van der Waals surface area contributed by atoms with E-state index in [1.165, 1.54) is 19.3 Å². The van der Waals surface area contributed by atoms with Crippen molar-refractivity contribution in [2.75, 3.05) is 13.2 Å². The molecule has 8 heteroatoms. The van der Waals surface area contributed by atoms with Crippen molar-refractivity contribution >= 4 is 10.0 Å². The third-order valence-corrected chi connectivity index (χ3v) is 5.18. The fraction of sp³-hybridized carbons (Fsp3) is 0.769. The van der Waals surface area contributed by atoms with Crippen molar-refractivity contribution < 1.29 is 18.3 Å². The lowest BCUT2D eigenvalue weighted by Gasteiger charge is -2.21. The van der Waals surface area contributed by atoms with E-state index in [1.54, 1.807) is 6.92 Å². The first-order chi connectivity index (χ1) is 10.0. The number of sulfonamides is 1. The van der Waals surface area contributed by atoms with Crippen LogP contribution in [0, 0.1) is 6.92 Å². The molecule has 1 heterocycles. The van der Waals surface area contributed by atoms with Crippen LogP contribution in [-0.4, -0.2) is 43.0 Å². The van der Waals surface area contributed by atoms with Crippen LogP contribution < -0.4 is 4.72 Å². The van der Waals surface area contributed by atoms with E-state index >= 15 is 0 Å². The first-order valence-corrected chi connectivity index (χ1v) is 8.79. The predicted octanol–water partition coefficient (Wildman–Crippen LogP) is 0.838. The van der Waals surface area contributed by atoms with Crippen LogP contribution in [0.4, 0.5) is 0 Å². The summed E-state index contributed by atoms with van der Waals surface area (Å²) < 4.78 is 32.4. The molecular weight excluding hydrogens is 294 g/mol. The van der Waals surface area contributed by atoms with Crippen molar-refractivity contribution in [3.05, 3.63) is 11.3 Å². The van der Waals surface area contributed by atoms with Gasteiger partial charge in [-0.1, -0.05) is 19.3 Å². The van der Waals surface area contributed by atoms with E-state index < -0.39 is 10.0 Å². The van der Waals surface area contributed by atoms with Gasteiger partial charge in [0, 0.05) is 17.8 Å². The lowest BCUT2D eigenvalue weighted by molar-refractivity contribution is 0.0321. The molecule has 0 aliphatic heterocycles. The van der Waals surface area contributed by atoms with E-state index in [-0.39, 0.29) is 24.3 Å². The topological polar surface area (TPSA) is 104 Å². The molecule has 2 rings (SSSR count). The Bertz CT molecular complexity index is 550. The third kappa shape index (κ3) is 4.26. The van der Waals surface area contributed by atoms with Crippen LogP contribution in [-0.2, 0) is 21.4 Å². The van der Waals surface area contributed by atoms with Crippen LogP contribution >= 0.6 is 0 Å². The van der Waals surface area contributed by atoms with Gasteiger partial charge in [-0.05, 0) is 19.8 Å². The van der Waals surface area contributed by atoms with Gasteiger partial charge in [0.25, 0.3) is 10.0 Å². The van der Waals surface area contributed by atoms with Gasteiger partial charge in [-0.2, -0.15) is 5.10 Å². The summed E-state index contributed by atoms with van der Waals surface area (Å²) in [6.07, 6.45) is 5.99. The van der Waals surface area contributed by atoms with Gasteiger partial charge in [0.05, 0.1) is 19.3 Å². The number of aromatic nitrogens is 2. The summed E-state index contributed by atoms with van der Waals surface area (Å²) in [7, 11) is -3.72. The van der Waals surface area contributed by atoms with Crippen LogP contribution in [0.15, 0.2) is 5.03 Å². The number of hydrogen-bond acceptors (Lipinski definition) is 5. The van der Waals surface area contributed by atoms with E-state index in [1.807, 2.05) is 0 Å². The Hall–Kier alpha value is -0.960. The van der Waals surface area contributed by atoms with Gasteiger partial charge < -0.3 is 9.84 Å². The molecule has 21 heavy (non-hydrogen) atoms. The van der Waals surface area contributed by atoms with Crippen LogP contribution in [0.2, 0.25) is 0 Å². The smallest absolute Gasteiger partial charge is 0.260 e. The molecule has 0 bridgehead atoms. The number of ether oxygens (including phenoxy) is 1. The summed E-state index contributed by atoms with van der Waals surface area (Å²) in [5, 5.41) is 15.4. The number of nitrogens with one attached hydrogen (secondary N) is 2. The van der Waals surface area contributed by atoms with E-state index in [9.17, 15) is 13.5 Å². The number of aliphatic hydroxyl groups excluding tert-OH is 1. The monoisotopic (exact) mass is 317 g/mol. The zero-order valence-electron chi connectivity index (χ0n) is 12.3. The van der Waals surface area contributed by atoms with Gasteiger partial charge in [-0.3, -0.25) is 5.10 Å². The molecule has 0 atom stereocenters. The molecule has 0 spiro atoms. The highest BCUT2D eigenvalue weighted by atomic mass is 32.2. The fourth-order valence-corrected chi connectivity index (χ4v) is 3.74. The average Bonchev–Trinajstić information content (AvgIpc) is 2.86. The number of aryl methyl sites for hydroxylation is 1. The lowest BCUT2D eigenvalue weighted by atomic mass is 9.98. The molecule has 1 fully saturated rings. The van der Waals surface area contributed by atoms with E-state index in [4.69, 9.17) is 4.74 Å². The lowest BCUT2D eigenvalue weighted by Crippen LogP contribution is -2.30. The molecule has 1 aromatic heterocycles. The largest absolute Gasteiger partial charge is 0.392 e. The summed E-state index contributed by atoms with van der Waals surface area (Å²) in [5.41, 5.74) is 0.854. The SMILES string of the molecule is Cc1[nH]nc(S(=O)(=O)NCCOC2CCCCC2)c1CO. The highest BCUT2D eigenvalue weighted by Crippen LogP contribution is 2.20. The molecule has 7 nitrogen and oxygen atoms in total. The molecule has 0 amide bonds. The highest BCUT2D eigenvalue weighted by molar-refractivity contribution is 7.89. The van der Waals surface area contributed by atoms with Crippen molar-refractivity contribution in [1.29, 1.82) is 0 Å². The van der Waals surface area contributed by atoms with Crippen LogP contribution in [0.25, 0.3) is 0 Å². The first-order valence-electron chi connectivity index (χ1n) is 7.30. The number of hydrogen-bond donors (Lipinski definition) is 3. The maximum Gasteiger partial charge on any atom is 0.260 e. The van der Waals surface area contributed by atoms with Crippen molar-refractivity contribution in [2.45, 2.75) is 56.8 Å². The quantitative estimate of drug-likeness (QED) is 0.646. The molecule has 0 radical (unpaired) electrons. The predicted molar refractivity (Wildman–Crippen MR) is 77.3 cm³/mol. The van der Waals surface area contributed by atoms with E-state index in [0.29, 0.717) is 17.9 Å². The molecule has 1 saturated carbocycles. The van der Waals surface area contributed by atoms with E-state index in [0.717, 1.165) is 12.8 Å². The summed E-state index contributed by atoms with van der Waals surface area (Å²) in [6.45, 7) is 1.86. The van der Waals surface area contributed by atoms with Gasteiger partial charge in [0.2, 0.25) is 0 Å². The minimum absolute atomic E-state index is 0.139. The van der Waals surface area contributed by atoms with Crippen molar-refractivity contribution in [3.8, 4) is 0 Å². The zero-order valence-corrected chi connectivity index (χ0v) is 13.1. The maximum absolute atomic E-state index is 12.1. The van der Waals surface area contributed by atoms with Crippen molar-refractivity contribution in [3.63, 3.8) is 0 Å². The number of aromatic amines is 1.